The molecule has 0 saturated heterocycles. The van der Waals surface area contributed by atoms with Gasteiger partial charge in [-0.05, 0) is 0 Å². The average Bonchev–Trinajstić information content (AvgIpc) is 2.86. The average molecular weight is 620 g/mol. The number of carbonyl (C=O) groups excluding carboxylic acids is 1. The second-order valence-electron chi connectivity index (χ2n) is 4.67. The minimum Gasteiger partial charge on any atom is -0.382 e. The number of aromatic amines is 1. The van der Waals surface area contributed by atoms with Gasteiger partial charge in [0.25, 0.3) is 0 Å². The van der Waals surface area contributed by atoms with E-state index in [-0.39, 0.29) is 42.5 Å². The maximum atomic E-state index is 12.2. The molecule has 1 aromatic heterocycles. The van der Waals surface area contributed by atoms with E-state index in [1.807, 2.05) is 12.1 Å². The minimum atomic E-state index is -2.42. The molecular weight excluding hydrogens is 606 g/mol. The van der Waals surface area contributed by atoms with Gasteiger partial charge in [0.1, 0.15) is 18.1 Å². The molecule has 0 saturated carbocycles. The predicted molar refractivity (Wildman–Crippen MR) is 87.9 cm³/mol. The van der Waals surface area contributed by atoms with E-state index in [2.05, 4.69) is 33.9 Å². The molecule has 8 heteroatoms. The number of aromatic nitrogens is 1. The van der Waals surface area contributed by atoms with E-state index in [1.165, 1.54) is 6.20 Å². The van der Waals surface area contributed by atoms with Crippen LogP contribution in [0.2, 0.25) is 0 Å². The number of nitrogens with zero attached hydrogens (tertiary/aromatic N) is 2. The van der Waals surface area contributed by atoms with Gasteiger partial charge < -0.3 is 9.88 Å². The smallest absolute Gasteiger partial charge is 0.382 e. The normalized spacial score (nSPS) is 10.5. The van der Waals surface area contributed by atoms with Gasteiger partial charge in [0, 0.05) is 20.3 Å². The molecule has 1 N–H and O–H groups in total. The Kier molecular flexibility index (Phi) is 10.2. The number of fused-ring (bicyclic) bond motifs is 1. The Balaban J connectivity index is 0.000000954. The molecule has 0 aliphatic rings. The van der Waals surface area contributed by atoms with E-state index < -0.39 is 6.43 Å². The van der Waals surface area contributed by atoms with Crippen LogP contribution < -0.4 is 0 Å². The zero-order valence-corrected chi connectivity index (χ0v) is 18.8. The number of hydrogen-bond acceptors (Lipinski definition) is 3. The van der Waals surface area contributed by atoms with Crippen molar-refractivity contribution in [3.05, 3.63) is 53.1 Å². The van der Waals surface area contributed by atoms with Crippen molar-refractivity contribution in [3.63, 3.8) is 0 Å². The minimum absolute atomic E-state index is 0. The van der Waals surface area contributed by atoms with Crippen molar-refractivity contribution in [1.29, 1.82) is 5.26 Å². The van der Waals surface area contributed by atoms with Crippen LogP contribution in [0.15, 0.2) is 34.4 Å². The molecule has 0 atom stereocenters. The number of halogens is 3. The predicted octanol–water partition coefficient (Wildman–Crippen LogP) is 3.97. The summed E-state index contributed by atoms with van der Waals surface area (Å²) in [7, 11) is 3.53. The van der Waals surface area contributed by atoms with Crippen LogP contribution in [0.4, 0.5) is 8.78 Å². The van der Waals surface area contributed by atoms with Gasteiger partial charge in [-0.1, -0.05) is 32.0 Å². The van der Waals surface area contributed by atoms with E-state index in [1.54, 1.807) is 31.1 Å². The van der Waals surface area contributed by atoms with Gasteiger partial charge in [-0.3, -0.25) is 11.7 Å². The molecule has 2 rings (SSSR count). The van der Waals surface area contributed by atoms with Crippen molar-refractivity contribution in [2.45, 2.75) is 6.43 Å². The number of ketones is 1. The topological polar surface area (TPSA) is 59.9 Å². The van der Waals surface area contributed by atoms with Crippen LogP contribution in [0.5, 0.6) is 0 Å². The number of alkyl halides is 2. The van der Waals surface area contributed by atoms with Crippen molar-refractivity contribution in [3.8, 4) is 6.07 Å². The van der Waals surface area contributed by atoms with Crippen molar-refractivity contribution in [1.82, 2.24) is 9.88 Å². The van der Waals surface area contributed by atoms with Gasteiger partial charge in [-0.2, -0.15) is 17.4 Å². The third-order valence-corrected chi connectivity index (χ3v) is 2.97. The molecule has 0 bridgehead atoms. The Hall–Kier alpha value is -1.15. The molecular formula is C16H14BrF2N3OU. The fourth-order valence-electron chi connectivity index (χ4n) is 1.70. The summed E-state index contributed by atoms with van der Waals surface area (Å²) in [6.45, 7) is 2.31. The van der Waals surface area contributed by atoms with Crippen LogP contribution in [0.3, 0.4) is 0 Å². The Morgan fingerprint density at radius 3 is 2.58 bits per heavy atom. The SMILES string of the molecule is CN(C)/C=C(\C#N)C(=O)c1cc2c[c-]c(Br)cc2[nH]1.[CH2-]C(F)F.[U+2]. The largest absolute Gasteiger partial charge is 2.00 e. The molecule has 0 aliphatic carbocycles. The third kappa shape index (κ3) is 7.17. The monoisotopic (exact) mass is 619 g/mol. The third-order valence-electron chi connectivity index (χ3n) is 2.51. The van der Waals surface area contributed by atoms with Crippen molar-refractivity contribution in [2.24, 2.45) is 0 Å². The summed E-state index contributed by atoms with van der Waals surface area (Å²) in [6.07, 6.45) is -0.907. The molecule has 124 valence electrons. The van der Waals surface area contributed by atoms with Crippen molar-refractivity contribution >= 4 is 32.6 Å². The Bertz CT molecular complexity index is 764. The van der Waals surface area contributed by atoms with Gasteiger partial charge in [0.2, 0.25) is 5.78 Å². The van der Waals surface area contributed by atoms with Gasteiger partial charge in [0.15, 0.2) is 0 Å². The number of H-pyrrole nitrogens is 1. The summed E-state index contributed by atoms with van der Waals surface area (Å²) in [5.74, 6) is -0.316. The van der Waals surface area contributed by atoms with Crippen molar-refractivity contribution < 1.29 is 44.7 Å². The number of allylic oxidation sites excluding steroid dienone is 1. The number of Topliss-reactive ketones (excluding diaryl/α,β-unsaturated/α-hetero) is 1. The molecule has 2 aromatic rings. The fourth-order valence-corrected chi connectivity index (χ4v) is 2.05. The van der Waals surface area contributed by atoms with Gasteiger partial charge in [0.05, 0.1) is 5.69 Å². The number of hydrogen-bond donors (Lipinski definition) is 1. The zero-order chi connectivity index (χ0) is 17.6. The van der Waals surface area contributed by atoms with Crippen molar-refractivity contribution in [2.75, 3.05) is 14.1 Å². The first-order valence-corrected chi connectivity index (χ1v) is 7.18. The molecule has 1 aromatic carbocycles. The van der Waals surface area contributed by atoms with Crippen LogP contribution in [-0.4, -0.2) is 36.2 Å². The summed E-state index contributed by atoms with van der Waals surface area (Å²) < 4.78 is 21.3. The van der Waals surface area contributed by atoms with Gasteiger partial charge in [-0.25, -0.2) is 8.78 Å². The van der Waals surface area contributed by atoms with Gasteiger partial charge >= 0.3 is 31.1 Å². The maximum Gasteiger partial charge on any atom is 2.00 e. The molecule has 0 radical (unpaired) electrons. The standard InChI is InChI=1S/C14H11BrN3O.C2H3F2.U/c1-18(2)8-10(7-16)14(19)13-5-9-3-4-11(15)6-12(9)17-13;1-2(3)4;/h3,5-6,8,17H,1-2H3;2H,1H2;/q2*-1;+2/b10-8+;;. The number of carbonyl (C=O) groups is 1. The zero-order valence-electron chi connectivity index (χ0n) is 13.0. The van der Waals surface area contributed by atoms with Crippen LogP contribution in [0.25, 0.3) is 10.9 Å². The molecule has 0 unspecified atom stereocenters. The molecule has 1 heterocycles. The second-order valence-corrected chi connectivity index (χ2v) is 5.53. The molecule has 24 heavy (non-hydrogen) atoms. The molecule has 0 fully saturated rings. The van der Waals surface area contributed by atoms with E-state index in [4.69, 9.17) is 5.26 Å². The van der Waals surface area contributed by atoms with E-state index >= 15 is 0 Å². The number of rotatable bonds is 3. The number of benzene rings is 1. The second kappa shape index (κ2) is 10.7. The summed E-state index contributed by atoms with van der Waals surface area (Å²) in [4.78, 5) is 16.9. The van der Waals surface area contributed by atoms with Crippen LogP contribution in [0, 0.1) is 55.4 Å². The van der Waals surface area contributed by atoms with Crippen LogP contribution in [0.1, 0.15) is 10.5 Å². The first-order valence-electron chi connectivity index (χ1n) is 6.38. The summed E-state index contributed by atoms with van der Waals surface area (Å²) in [6, 6.07) is 10.3. The summed E-state index contributed by atoms with van der Waals surface area (Å²) >= 11 is 3.32. The molecule has 0 spiro atoms. The van der Waals surface area contributed by atoms with E-state index in [0.717, 1.165) is 15.4 Å². The Labute approximate surface area is 171 Å². The number of nitrogens with one attached hydrogen (secondary N) is 1. The molecule has 4 nitrogen and oxygen atoms in total. The first-order chi connectivity index (χ1) is 10.7. The maximum absolute atomic E-state index is 12.2. The van der Waals surface area contributed by atoms with E-state index in [0.29, 0.717) is 5.69 Å². The summed E-state index contributed by atoms with van der Waals surface area (Å²) in [5, 5.41) is 9.92. The molecule has 0 aliphatic heterocycles. The Morgan fingerprint density at radius 2 is 2.08 bits per heavy atom. The number of nitriles is 1. The summed E-state index contributed by atoms with van der Waals surface area (Å²) in [5.41, 5.74) is 1.33. The quantitative estimate of drug-likeness (QED) is 0.245. The molecule has 0 amide bonds. The Morgan fingerprint density at radius 1 is 1.50 bits per heavy atom. The van der Waals surface area contributed by atoms with Crippen LogP contribution >= 0.6 is 15.9 Å². The van der Waals surface area contributed by atoms with Crippen LogP contribution in [-0.2, 0) is 0 Å². The fraction of sp³-hybridized carbons (Fsp3) is 0.188. The first kappa shape index (κ1) is 22.9. The van der Waals surface area contributed by atoms with E-state index in [9.17, 15) is 13.6 Å². The van der Waals surface area contributed by atoms with Gasteiger partial charge in [-0.15, -0.1) is 11.5 Å².